The first-order valence-electron chi connectivity index (χ1n) is 19.9. The van der Waals surface area contributed by atoms with Gasteiger partial charge in [-0.15, -0.1) is 0 Å². The number of alkyl halides is 6. The van der Waals surface area contributed by atoms with E-state index in [0.717, 1.165) is 77.0 Å². The van der Waals surface area contributed by atoms with Crippen molar-refractivity contribution in [2.45, 2.75) is 26.2 Å². The lowest BCUT2D eigenvalue weighted by Gasteiger charge is -2.21. The lowest BCUT2D eigenvalue weighted by molar-refractivity contribution is -0.143. The van der Waals surface area contributed by atoms with E-state index in [-0.39, 0.29) is 22.8 Å². The van der Waals surface area contributed by atoms with Crippen LogP contribution < -0.4 is 0 Å². The molecule has 10 rings (SSSR count). The Hall–Kier alpha value is -7.57. The minimum atomic E-state index is -5.09. The monoisotopic (exact) mass is 825 g/mol. The summed E-state index contributed by atoms with van der Waals surface area (Å²) in [4.78, 5) is 0. The summed E-state index contributed by atoms with van der Waals surface area (Å²) in [7, 11) is 0. The average Bonchev–Trinajstić information content (AvgIpc) is 3.77. The van der Waals surface area contributed by atoms with Gasteiger partial charge in [0.05, 0.1) is 56.2 Å². The van der Waals surface area contributed by atoms with Crippen molar-refractivity contribution in [3.05, 3.63) is 192 Å². The lowest BCUT2D eigenvalue weighted by Crippen LogP contribution is -2.11. The van der Waals surface area contributed by atoms with Crippen molar-refractivity contribution < 1.29 is 26.3 Å². The maximum absolute atomic E-state index is 14.4. The van der Waals surface area contributed by atoms with Crippen LogP contribution in [0.25, 0.3) is 88.4 Å². The SMILES string of the molecule is Cc1cccc(-c2ccc3c4ccccc4n(-c4cc(C#N)c(-c5cc(C(F)(F)F)cc(C(F)(F)F)c5)cc4-n4c5ccccc5c5ccc(-c6cccc(C)c6)cc54)c3c2)c1. The average molecular weight is 826 g/mol. The van der Waals surface area contributed by atoms with Crippen LogP contribution in [-0.2, 0) is 12.4 Å². The van der Waals surface area contributed by atoms with Crippen LogP contribution in [0.2, 0.25) is 0 Å². The smallest absolute Gasteiger partial charge is 0.307 e. The fourth-order valence-electron chi connectivity index (χ4n) is 8.85. The van der Waals surface area contributed by atoms with Gasteiger partial charge in [-0.2, -0.15) is 31.6 Å². The summed E-state index contributed by atoms with van der Waals surface area (Å²) < 4.78 is 90.3. The summed E-state index contributed by atoms with van der Waals surface area (Å²) in [5.74, 6) is 0. The molecule has 0 radical (unpaired) electrons. The van der Waals surface area contributed by atoms with Crippen LogP contribution in [0.15, 0.2) is 164 Å². The standard InChI is InChI=1S/C53H33F6N3/c1-31-9-7-11-33(21-31)35-17-19-43-41-13-3-5-15-46(41)61(48(43)25-35)50-27-38(30-60)45(37-23-39(52(54,55)56)28-40(24-37)53(57,58)59)29-51(50)62-47-16-6-4-14-42(47)44-20-18-36(26-49(44)62)34-12-8-10-32(2)22-34/h3-29H,1-2H3. The highest BCUT2D eigenvalue weighted by molar-refractivity contribution is 6.13. The van der Waals surface area contributed by atoms with Gasteiger partial charge in [-0.05, 0) is 96.3 Å². The van der Waals surface area contributed by atoms with Crippen molar-refractivity contribution in [1.82, 2.24) is 9.13 Å². The van der Waals surface area contributed by atoms with Crippen molar-refractivity contribution in [2.24, 2.45) is 0 Å². The third kappa shape index (κ3) is 6.47. The van der Waals surface area contributed by atoms with Crippen molar-refractivity contribution in [3.8, 4) is 50.8 Å². The second kappa shape index (κ2) is 14.3. The minimum absolute atomic E-state index is 0.0789. The molecule has 0 unspecified atom stereocenters. The number of nitriles is 1. The Morgan fingerprint density at radius 2 is 0.839 bits per heavy atom. The van der Waals surface area contributed by atoms with Crippen LogP contribution in [-0.4, -0.2) is 9.13 Å². The molecule has 0 amide bonds. The first-order valence-corrected chi connectivity index (χ1v) is 19.9. The number of halogens is 6. The van der Waals surface area contributed by atoms with Gasteiger partial charge in [0.25, 0.3) is 0 Å². The molecule has 8 aromatic carbocycles. The Morgan fingerprint density at radius 1 is 0.403 bits per heavy atom. The number of benzene rings is 8. The quantitative estimate of drug-likeness (QED) is 0.159. The Kier molecular flexibility index (Phi) is 8.89. The van der Waals surface area contributed by atoms with Crippen molar-refractivity contribution in [2.75, 3.05) is 0 Å². The van der Waals surface area contributed by atoms with Gasteiger partial charge in [0, 0.05) is 27.1 Å². The summed E-state index contributed by atoms with van der Waals surface area (Å²) in [6.45, 7) is 4.03. The molecule has 0 aliphatic rings. The lowest BCUT2D eigenvalue weighted by atomic mass is 9.94. The van der Waals surface area contributed by atoms with Crippen molar-refractivity contribution in [1.29, 1.82) is 5.26 Å². The van der Waals surface area contributed by atoms with Gasteiger partial charge in [0.15, 0.2) is 0 Å². The predicted molar refractivity (Wildman–Crippen MR) is 236 cm³/mol. The van der Waals surface area contributed by atoms with Crippen LogP contribution in [0.3, 0.4) is 0 Å². The summed E-state index contributed by atoms with van der Waals surface area (Å²) in [6.07, 6.45) is -10.2. The minimum Gasteiger partial charge on any atom is -0.307 e. The predicted octanol–water partition coefficient (Wildman–Crippen LogP) is 15.4. The molecule has 302 valence electrons. The van der Waals surface area contributed by atoms with Gasteiger partial charge in [0.2, 0.25) is 0 Å². The molecule has 9 heteroatoms. The second-order valence-corrected chi connectivity index (χ2v) is 15.7. The van der Waals surface area contributed by atoms with Crippen LogP contribution in [0.5, 0.6) is 0 Å². The zero-order valence-electron chi connectivity index (χ0n) is 33.2. The van der Waals surface area contributed by atoms with Gasteiger partial charge in [0.1, 0.15) is 0 Å². The van der Waals surface area contributed by atoms with E-state index < -0.39 is 23.5 Å². The van der Waals surface area contributed by atoms with E-state index in [1.807, 2.05) is 120 Å². The van der Waals surface area contributed by atoms with Gasteiger partial charge >= 0.3 is 12.4 Å². The Bertz CT molecular complexity index is 3450. The molecular formula is C53H33F6N3. The molecule has 2 aromatic heterocycles. The zero-order valence-corrected chi connectivity index (χ0v) is 33.2. The highest BCUT2D eigenvalue weighted by Gasteiger charge is 2.37. The molecule has 10 aromatic rings. The Balaban J connectivity index is 1.37. The van der Waals surface area contributed by atoms with E-state index in [0.29, 0.717) is 23.5 Å². The summed E-state index contributed by atoms with van der Waals surface area (Å²) in [5.41, 5.74) is 6.50. The molecule has 0 saturated heterocycles. The molecular weight excluding hydrogens is 793 g/mol. The van der Waals surface area contributed by atoms with Crippen LogP contribution in [0.1, 0.15) is 27.8 Å². The molecule has 0 saturated carbocycles. The maximum atomic E-state index is 14.4. The molecule has 0 fully saturated rings. The molecule has 0 aliphatic heterocycles. The third-order valence-corrected chi connectivity index (χ3v) is 11.7. The van der Waals surface area contributed by atoms with Crippen LogP contribution >= 0.6 is 0 Å². The van der Waals surface area contributed by atoms with Gasteiger partial charge in [-0.25, -0.2) is 0 Å². The van der Waals surface area contributed by atoms with Gasteiger partial charge in [-0.1, -0.05) is 120 Å². The van der Waals surface area contributed by atoms with E-state index in [1.54, 1.807) is 12.1 Å². The van der Waals surface area contributed by atoms with E-state index in [1.165, 1.54) is 0 Å². The third-order valence-electron chi connectivity index (χ3n) is 11.7. The Morgan fingerprint density at radius 3 is 1.29 bits per heavy atom. The molecule has 0 N–H and O–H groups in total. The summed E-state index contributed by atoms with van der Waals surface area (Å²) in [6, 6.07) is 50.9. The molecule has 2 heterocycles. The van der Waals surface area contributed by atoms with E-state index in [4.69, 9.17) is 0 Å². The first-order chi connectivity index (χ1) is 29.8. The molecule has 0 spiro atoms. The highest BCUT2D eigenvalue weighted by atomic mass is 19.4. The number of hydrogen-bond donors (Lipinski definition) is 0. The Labute approximate surface area is 351 Å². The number of nitrogens with zero attached hydrogens (tertiary/aromatic N) is 3. The van der Waals surface area contributed by atoms with Crippen molar-refractivity contribution >= 4 is 43.6 Å². The topological polar surface area (TPSA) is 33.6 Å². The normalized spacial score (nSPS) is 12.2. The zero-order chi connectivity index (χ0) is 43.1. The maximum Gasteiger partial charge on any atom is 0.416 e. The van der Waals surface area contributed by atoms with E-state index >= 15 is 0 Å². The van der Waals surface area contributed by atoms with Crippen molar-refractivity contribution in [3.63, 3.8) is 0 Å². The first kappa shape index (κ1) is 38.6. The molecule has 3 nitrogen and oxygen atoms in total. The summed E-state index contributed by atoms with van der Waals surface area (Å²) in [5, 5.41) is 14.5. The number of aromatic nitrogens is 2. The molecule has 62 heavy (non-hydrogen) atoms. The fourth-order valence-corrected chi connectivity index (χ4v) is 8.85. The van der Waals surface area contributed by atoms with Gasteiger partial charge < -0.3 is 9.13 Å². The molecule has 0 bridgehead atoms. The number of hydrogen-bond acceptors (Lipinski definition) is 1. The second-order valence-electron chi connectivity index (χ2n) is 15.7. The number of para-hydroxylation sites is 2. The number of aryl methyl sites for hydroxylation is 2. The van der Waals surface area contributed by atoms with E-state index in [9.17, 15) is 31.6 Å². The molecule has 0 atom stereocenters. The van der Waals surface area contributed by atoms with Crippen LogP contribution in [0.4, 0.5) is 26.3 Å². The van der Waals surface area contributed by atoms with Gasteiger partial charge in [-0.3, -0.25) is 0 Å². The number of fused-ring (bicyclic) bond motifs is 6. The summed E-state index contributed by atoms with van der Waals surface area (Å²) >= 11 is 0. The molecule has 0 aliphatic carbocycles. The highest BCUT2D eigenvalue weighted by Crippen LogP contribution is 2.44. The fraction of sp³-hybridized carbons (Fsp3) is 0.0755. The number of rotatable bonds is 5. The largest absolute Gasteiger partial charge is 0.416 e. The van der Waals surface area contributed by atoms with Crippen LogP contribution in [0, 0.1) is 25.2 Å². The van der Waals surface area contributed by atoms with E-state index in [2.05, 4.69) is 42.5 Å².